The number of ether oxygens (including phenoxy) is 1. The molecule has 0 aliphatic heterocycles. The number of aryl methyl sites for hydroxylation is 1. The van der Waals surface area contributed by atoms with Crippen LogP contribution < -0.4 is 15.4 Å². The van der Waals surface area contributed by atoms with Crippen LogP contribution in [-0.4, -0.2) is 18.4 Å². The van der Waals surface area contributed by atoms with Crippen LogP contribution in [0.15, 0.2) is 54.6 Å². The molecule has 1 aromatic heterocycles. The lowest BCUT2D eigenvalue weighted by molar-refractivity contribution is -0.118. The predicted octanol–water partition coefficient (Wildman–Crippen LogP) is 5.94. The van der Waals surface area contributed by atoms with E-state index in [-0.39, 0.29) is 18.4 Å². The van der Waals surface area contributed by atoms with E-state index >= 15 is 0 Å². The molecule has 3 aromatic rings. The molecular weight excluding hydrogens is 432 g/mol. The van der Waals surface area contributed by atoms with E-state index in [1.54, 1.807) is 24.3 Å². The maximum Gasteiger partial charge on any atom is 0.262 e. The monoisotopic (exact) mass is 454 g/mol. The van der Waals surface area contributed by atoms with Gasteiger partial charge in [-0.1, -0.05) is 48.4 Å². The zero-order valence-electron chi connectivity index (χ0n) is 16.9. The molecule has 160 valence electrons. The van der Waals surface area contributed by atoms with E-state index in [1.807, 2.05) is 30.3 Å². The zero-order chi connectivity index (χ0) is 21.6. The zero-order valence-corrected chi connectivity index (χ0v) is 18.5. The Bertz CT molecular complexity index is 1080. The van der Waals surface area contributed by atoms with E-state index in [0.29, 0.717) is 27.0 Å². The Kier molecular flexibility index (Phi) is 6.89. The van der Waals surface area contributed by atoms with Gasteiger partial charge in [0.2, 0.25) is 0 Å². The smallest absolute Gasteiger partial charge is 0.262 e. The van der Waals surface area contributed by atoms with Gasteiger partial charge in [-0.15, -0.1) is 11.3 Å². The summed E-state index contributed by atoms with van der Waals surface area (Å²) in [6, 6.07) is 16.3. The molecule has 2 amide bonds. The second-order valence-corrected chi connectivity index (χ2v) is 8.86. The van der Waals surface area contributed by atoms with Gasteiger partial charge in [0.15, 0.2) is 6.61 Å². The number of anilines is 2. The average molecular weight is 455 g/mol. The fourth-order valence-corrected chi connectivity index (χ4v) is 5.13. The number of para-hydroxylation sites is 2. The third-order valence-electron chi connectivity index (χ3n) is 5.14. The molecule has 0 bridgehead atoms. The number of hydrogen-bond acceptors (Lipinski definition) is 4. The summed E-state index contributed by atoms with van der Waals surface area (Å²) in [6.45, 7) is -0.127. The lowest BCUT2D eigenvalue weighted by atomic mass is 10.0. The Morgan fingerprint density at radius 3 is 2.48 bits per heavy atom. The first kappa shape index (κ1) is 21.4. The molecule has 0 spiro atoms. The molecule has 0 atom stereocenters. The van der Waals surface area contributed by atoms with Crippen molar-refractivity contribution in [3.05, 3.63) is 75.6 Å². The van der Waals surface area contributed by atoms with Crippen molar-refractivity contribution in [1.29, 1.82) is 0 Å². The molecule has 5 nitrogen and oxygen atoms in total. The van der Waals surface area contributed by atoms with Crippen LogP contribution in [0.1, 0.15) is 40.1 Å². The SMILES string of the molecule is O=C(COc1ccccc1)Nc1sc2c(c1C(=O)Nc1ccccc1Cl)CCCCC2. The highest BCUT2D eigenvalue weighted by Gasteiger charge is 2.26. The lowest BCUT2D eigenvalue weighted by Crippen LogP contribution is -2.22. The Morgan fingerprint density at radius 1 is 0.935 bits per heavy atom. The van der Waals surface area contributed by atoms with Crippen LogP contribution in [0.5, 0.6) is 5.75 Å². The van der Waals surface area contributed by atoms with Gasteiger partial charge in [0.05, 0.1) is 16.3 Å². The van der Waals surface area contributed by atoms with Gasteiger partial charge in [0.1, 0.15) is 10.8 Å². The summed E-state index contributed by atoms with van der Waals surface area (Å²) in [4.78, 5) is 27.0. The molecule has 0 unspecified atom stereocenters. The lowest BCUT2D eigenvalue weighted by Gasteiger charge is -2.11. The minimum Gasteiger partial charge on any atom is -0.484 e. The van der Waals surface area contributed by atoms with Gasteiger partial charge < -0.3 is 15.4 Å². The largest absolute Gasteiger partial charge is 0.484 e. The van der Waals surface area contributed by atoms with E-state index in [1.165, 1.54) is 16.2 Å². The quantitative estimate of drug-likeness (QED) is 0.453. The highest BCUT2D eigenvalue weighted by molar-refractivity contribution is 7.17. The molecule has 0 saturated heterocycles. The normalized spacial score (nSPS) is 13.1. The molecule has 0 fully saturated rings. The molecule has 1 aliphatic rings. The molecule has 0 saturated carbocycles. The van der Waals surface area contributed by atoms with Crippen LogP contribution in [0, 0.1) is 0 Å². The molecule has 31 heavy (non-hydrogen) atoms. The summed E-state index contributed by atoms with van der Waals surface area (Å²) in [5, 5.41) is 6.85. The number of benzene rings is 2. The first-order chi connectivity index (χ1) is 15.1. The van der Waals surface area contributed by atoms with Gasteiger partial charge in [-0.05, 0) is 55.5 Å². The summed E-state index contributed by atoms with van der Waals surface area (Å²) in [5.74, 6) is 0.0649. The second kappa shape index (κ2) is 9.98. The highest BCUT2D eigenvalue weighted by Crippen LogP contribution is 2.38. The third kappa shape index (κ3) is 5.27. The van der Waals surface area contributed by atoms with E-state index in [0.717, 1.165) is 37.7 Å². The maximum atomic E-state index is 13.2. The van der Waals surface area contributed by atoms with Crippen molar-refractivity contribution in [3.63, 3.8) is 0 Å². The Hall–Kier alpha value is -2.83. The Labute approximate surface area is 190 Å². The maximum absolute atomic E-state index is 13.2. The van der Waals surface area contributed by atoms with Gasteiger partial charge in [-0.25, -0.2) is 0 Å². The molecule has 4 rings (SSSR count). The van der Waals surface area contributed by atoms with Gasteiger partial charge in [-0.3, -0.25) is 9.59 Å². The summed E-state index contributed by atoms with van der Waals surface area (Å²) < 4.78 is 5.55. The number of halogens is 1. The number of nitrogens with one attached hydrogen (secondary N) is 2. The number of carbonyl (C=O) groups excluding carboxylic acids is 2. The van der Waals surface area contributed by atoms with Crippen molar-refractivity contribution in [1.82, 2.24) is 0 Å². The molecule has 0 radical (unpaired) electrons. The van der Waals surface area contributed by atoms with Crippen LogP contribution in [0.4, 0.5) is 10.7 Å². The summed E-state index contributed by atoms with van der Waals surface area (Å²) in [7, 11) is 0. The van der Waals surface area contributed by atoms with Gasteiger partial charge >= 0.3 is 0 Å². The predicted molar refractivity (Wildman–Crippen MR) is 126 cm³/mol. The fraction of sp³-hybridized carbons (Fsp3) is 0.250. The molecular formula is C24H23ClN2O3S. The fourth-order valence-electron chi connectivity index (χ4n) is 3.65. The Morgan fingerprint density at radius 2 is 1.68 bits per heavy atom. The Balaban J connectivity index is 1.56. The van der Waals surface area contributed by atoms with Crippen LogP contribution in [0.2, 0.25) is 5.02 Å². The van der Waals surface area contributed by atoms with E-state index in [9.17, 15) is 9.59 Å². The van der Waals surface area contributed by atoms with Gasteiger partial charge in [0.25, 0.3) is 11.8 Å². The topological polar surface area (TPSA) is 67.4 Å². The number of fused-ring (bicyclic) bond motifs is 1. The summed E-state index contributed by atoms with van der Waals surface area (Å²) in [5.41, 5.74) is 2.12. The number of thiophene rings is 1. The number of amides is 2. The van der Waals surface area contributed by atoms with Crippen molar-refractivity contribution in [2.45, 2.75) is 32.1 Å². The van der Waals surface area contributed by atoms with Crippen molar-refractivity contribution >= 4 is 45.4 Å². The minimum absolute atomic E-state index is 0.127. The van der Waals surface area contributed by atoms with E-state index in [4.69, 9.17) is 16.3 Å². The molecule has 2 N–H and O–H groups in total. The first-order valence-corrected chi connectivity index (χ1v) is 11.5. The van der Waals surface area contributed by atoms with Crippen LogP contribution in [0.3, 0.4) is 0 Å². The second-order valence-electron chi connectivity index (χ2n) is 7.35. The first-order valence-electron chi connectivity index (χ1n) is 10.3. The minimum atomic E-state index is -0.299. The van der Waals surface area contributed by atoms with Crippen molar-refractivity contribution in [2.75, 3.05) is 17.2 Å². The van der Waals surface area contributed by atoms with Crippen molar-refractivity contribution < 1.29 is 14.3 Å². The number of hydrogen-bond donors (Lipinski definition) is 2. The van der Waals surface area contributed by atoms with E-state index in [2.05, 4.69) is 10.6 Å². The highest BCUT2D eigenvalue weighted by atomic mass is 35.5. The van der Waals surface area contributed by atoms with E-state index < -0.39 is 0 Å². The number of rotatable bonds is 6. The van der Waals surface area contributed by atoms with Crippen molar-refractivity contribution in [2.24, 2.45) is 0 Å². The van der Waals surface area contributed by atoms with Crippen LogP contribution in [0.25, 0.3) is 0 Å². The number of carbonyl (C=O) groups is 2. The summed E-state index contributed by atoms with van der Waals surface area (Å²) in [6.07, 6.45) is 5.00. The van der Waals surface area contributed by atoms with Crippen molar-refractivity contribution in [3.8, 4) is 5.75 Å². The third-order valence-corrected chi connectivity index (χ3v) is 6.67. The van der Waals surface area contributed by atoms with Gasteiger partial charge in [0, 0.05) is 4.88 Å². The molecule has 2 aromatic carbocycles. The molecule has 1 heterocycles. The standard InChI is InChI=1S/C24H23ClN2O3S/c25-18-12-7-8-13-19(18)26-23(29)22-17-11-5-2-6-14-20(17)31-24(22)27-21(28)15-30-16-9-3-1-4-10-16/h1,3-4,7-10,12-13H,2,5-6,11,14-15H2,(H,26,29)(H,27,28). The summed E-state index contributed by atoms with van der Waals surface area (Å²) >= 11 is 7.71. The van der Waals surface area contributed by atoms with Crippen LogP contribution >= 0.6 is 22.9 Å². The van der Waals surface area contributed by atoms with Gasteiger partial charge in [-0.2, -0.15) is 0 Å². The molecule has 7 heteroatoms. The molecule has 1 aliphatic carbocycles. The van der Waals surface area contributed by atoms with Crippen LogP contribution in [-0.2, 0) is 17.6 Å². The average Bonchev–Trinajstić information content (AvgIpc) is 2.95.